The summed E-state index contributed by atoms with van der Waals surface area (Å²) in [5.41, 5.74) is 2.37. The second-order valence-corrected chi connectivity index (χ2v) is 7.81. The molecule has 0 unspecified atom stereocenters. The van der Waals surface area contributed by atoms with Gasteiger partial charge in [0.05, 0.1) is 33.0 Å². The van der Waals surface area contributed by atoms with Crippen LogP contribution >= 0.6 is 0 Å². The van der Waals surface area contributed by atoms with E-state index in [1.54, 1.807) is 43.6 Å². The summed E-state index contributed by atoms with van der Waals surface area (Å²) in [6.45, 7) is 2.08. The summed E-state index contributed by atoms with van der Waals surface area (Å²) in [5.74, 6) is 1.72. The number of aromatic nitrogens is 1. The predicted molar refractivity (Wildman–Crippen MR) is 124 cm³/mol. The lowest BCUT2D eigenvalue weighted by molar-refractivity contribution is 0.0726. The normalized spacial score (nSPS) is 15.2. The number of pyridine rings is 1. The molecule has 7 nitrogen and oxygen atoms in total. The maximum Gasteiger partial charge on any atom is 0.258 e. The number of carbonyl (C=O) groups excluding carboxylic acids is 1. The van der Waals surface area contributed by atoms with Crippen LogP contribution in [0.15, 0.2) is 67.0 Å². The minimum Gasteiger partial charge on any atom is -0.496 e. The Morgan fingerprint density at radius 2 is 1.82 bits per heavy atom. The number of hydrogen-bond donors (Lipinski definition) is 0. The van der Waals surface area contributed by atoms with Crippen molar-refractivity contribution in [3.05, 3.63) is 83.7 Å². The molecule has 33 heavy (non-hydrogen) atoms. The Morgan fingerprint density at radius 1 is 1.00 bits per heavy atom. The van der Waals surface area contributed by atoms with Gasteiger partial charge in [0.2, 0.25) is 0 Å². The van der Waals surface area contributed by atoms with Crippen LogP contribution < -0.4 is 14.2 Å². The molecule has 1 atom stereocenters. The first kappa shape index (κ1) is 22.6. The van der Waals surface area contributed by atoms with Crippen LogP contribution in [0, 0.1) is 0 Å². The molecular weight excluding hydrogens is 420 g/mol. The van der Waals surface area contributed by atoms with Gasteiger partial charge in [-0.1, -0.05) is 24.3 Å². The number of ether oxygens (including phenoxy) is 4. The Bertz CT molecular complexity index is 1070. The molecule has 0 aliphatic carbocycles. The van der Waals surface area contributed by atoms with Gasteiger partial charge in [0, 0.05) is 31.9 Å². The van der Waals surface area contributed by atoms with E-state index in [0.29, 0.717) is 49.1 Å². The number of benzene rings is 2. The minimum absolute atomic E-state index is 0.0268. The van der Waals surface area contributed by atoms with Gasteiger partial charge in [-0.05, 0) is 41.5 Å². The summed E-state index contributed by atoms with van der Waals surface area (Å²) in [5, 5.41) is 0. The Morgan fingerprint density at radius 3 is 2.55 bits per heavy atom. The Labute approximate surface area is 193 Å². The molecule has 2 aromatic carbocycles. The van der Waals surface area contributed by atoms with Crippen molar-refractivity contribution in [2.24, 2.45) is 0 Å². The fraction of sp³-hybridized carbons (Fsp3) is 0.308. The topological polar surface area (TPSA) is 70.1 Å². The molecule has 0 bridgehead atoms. The first-order chi connectivity index (χ1) is 16.2. The molecule has 0 spiro atoms. The number of methoxy groups -OCH3 is 2. The van der Waals surface area contributed by atoms with Gasteiger partial charge in [-0.3, -0.25) is 9.78 Å². The van der Waals surface area contributed by atoms with Crippen molar-refractivity contribution in [2.45, 2.75) is 25.6 Å². The summed E-state index contributed by atoms with van der Waals surface area (Å²) in [7, 11) is 3.18. The van der Waals surface area contributed by atoms with Crippen LogP contribution in [0.1, 0.15) is 27.9 Å². The van der Waals surface area contributed by atoms with Gasteiger partial charge in [-0.2, -0.15) is 0 Å². The average Bonchev–Trinajstić information content (AvgIpc) is 3.38. The van der Waals surface area contributed by atoms with E-state index in [1.807, 2.05) is 42.5 Å². The number of nitrogens with zero attached hydrogens (tertiary/aromatic N) is 2. The molecule has 0 saturated carbocycles. The predicted octanol–water partition coefficient (Wildman–Crippen LogP) is 4.11. The SMILES string of the molecule is COc1cc(CN(Cc2cccnc2)C(=O)c2ccccc2OC)ccc1O[C@H]1CCOC1. The maximum absolute atomic E-state index is 13.5. The molecule has 1 saturated heterocycles. The lowest BCUT2D eigenvalue weighted by Gasteiger charge is -2.24. The third kappa shape index (κ3) is 5.62. The number of rotatable bonds is 9. The van der Waals surface area contributed by atoms with E-state index >= 15 is 0 Å². The van der Waals surface area contributed by atoms with Crippen LogP contribution in [0.3, 0.4) is 0 Å². The standard InChI is InChI=1S/C26H28N2O5/c1-30-23-8-4-3-7-22(23)26(29)28(17-20-6-5-12-27-15-20)16-19-9-10-24(25(14-19)31-2)33-21-11-13-32-18-21/h3-10,12,14-15,21H,11,13,16-18H2,1-2H3/t21-/m0/s1. The van der Waals surface area contributed by atoms with E-state index in [9.17, 15) is 4.79 Å². The molecule has 0 N–H and O–H groups in total. The quantitative estimate of drug-likeness (QED) is 0.491. The van der Waals surface area contributed by atoms with Crippen LogP contribution in [0.2, 0.25) is 0 Å². The molecule has 1 aliphatic heterocycles. The zero-order chi connectivity index (χ0) is 23.0. The lowest BCUT2D eigenvalue weighted by Crippen LogP contribution is -2.30. The molecule has 3 aromatic rings. The van der Waals surface area contributed by atoms with E-state index in [4.69, 9.17) is 18.9 Å². The molecule has 172 valence electrons. The van der Waals surface area contributed by atoms with Gasteiger partial charge in [0.25, 0.3) is 5.91 Å². The summed E-state index contributed by atoms with van der Waals surface area (Å²) in [4.78, 5) is 19.5. The van der Waals surface area contributed by atoms with Crippen molar-refractivity contribution < 1.29 is 23.7 Å². The Kier molecular flexibility index (Phi) is 7.42. The lowest BCUT2D eigenvalue weighted by atomic mass is 10.1. The summed E-state index contributed by atoms with van der Waals surface area (Å²) < 4.78 is 22.4. The van der Waals surface area contributed by atoms with Crippen molar-refractivity contribution in [2.75, 3.05) is 27.4 Å². The van der Waals surface area contributed by atoms with E-state index in [0.717, 1.165) is 17.5 Å². The highest BCUT2D eigenvalue weighted by molar-refractivity contribution is 5.96. The molecule has 1 amide bonds. The van der Waals surface area contributed by atoms with Crippen molar-refractivity contribution >= 4 is 5.91 Å². The molecule has 2 heterocycles. The number of hydrogen-bond acceptors (Lipinski definition) is 6. The summed E-state index contributed by atoms with van der Waals surface area (Å²) in [6.07, 6.45) is 4.37. The van der Waals surface area contributed by atoms with E-state index in [1.165, 1.54) is 0 Å². The smallest absolute Gasteiger partial charge is 0.258 e. The van der Waals surface area contributed by atoms with Crippen molar-refractivity contribution in [1.82, 2.24) is 9.88 Å². The van der Waals surface area contributed by atoms with E-state index in [-0.39, 0.29) is 12.0 Å². The van der Waals surface area contributed by atoms with Crippen LogP contribution in [0.25, 0.3) is 0 Å². The van der Waals surface area contributed by atoms with Crippen LogP contribution in [-0.2, 0) is 17.8 Å². The largest absolute Gasteiger partial charge is 0.496 e. The molecule has 1 fully saturated rings. The summed E-state index contributed by atoms with van der Waals surface area (Å²) in [6, 6.07) is 16.8. The molecule has 0 radical (unpaired) electrons. The van der Waals surface area contributed by atoms with Gasteiger partial charge < -0.3 is 23.8 Å². The van der Waals surface area contributed by atoms with Crippen LogP contribution in [0.4, 0.5) is 0 Å². The monoisotopic (exact) mass is 448 g/mol. The first-order valence-corrected chi connectivity index (χ1v) is 10.9. The van der Waals surface area contributed by atoms with Gasteiger partial charge in [0.1, 0.15) is 11.9 Å². The minimum atomic E-state index is -0.126. The second-order valence-electron chi connectivity index (χ2n) is 7.81. The van der Waals surface area contributed by atoms with Gasteiger partial charge >= 0.3 is 0 Å². The number of carbonyl (C=O) groups is 1. The second kappa shape index (κ2) is 10.8. The maximum atomic E-state index is 13.5. The van der Waals surface area contributed by atoms with Gasteiger partial charge in [-0.25, -0.2) is 0 Å². The molecular formula is C26H28N2O5. The fourth-order valence-corrected chi connectivity index (χ4v) is 3.82. The van der Waals surface area contributed by atoms with Gasteiger partial charge in [0.15, 0.2) is 11.5 Å². The Hall–Kier alpha value is -3.58. The number of amides is 1. The van der Waals surface area contributed by atoms with E-state index in [2.05, 4.69) is 4.98 Å². The van der Waals surface area contributed by atoms with E-state index < -0.39 is 0 Å². The summed E-state index contributed by atoms with van der Waals surface area (Å²) >= 11 is 0. The highest BCUT2D eigenvalue weighted by atomic mass is 16.6. The highest BCUT2D eigenvalue weighted by Crippen LogP contribution is 2.31. The van der Waals surface area contributed by atoms with Gasteiger partial charge in [-0.15, -0.1) is 0 Å². The van der Waals surface area contributed by atoms with Crippen molar-refractivity contribution in [1.29, 1.82) is 0 Å². The zero-order valence-electron chi connectivity index (χ0n) is 18.9. The average molecular weight is 449 g/mol. The molecule has 1 aliphatic rings. The first-order valence-electron chi connectivity index (χ1n) is 10.9. The molecule has 7 heteroatoms. The molecule has 4 rings (SSSR count). The van der Waals surface area contributed by atoms with Crippen LogP contribution in [0.5, 0.6) is 17.2 Å². The third-order valence-corrected chi connectivity index (χ3v) is 5.50. The van der Waals surface area contributed by atoms with Crippen molar-refractivity contribution in [3.8, 4) is 17.2 Å². The number of para-hydroxylation sites is 1. The zero-order valence-corrected chi connectivity index (χ0v) is 18.9. The van der Waals surface area contributed by atoms with Crippen molar-refractivity contribution in [3.63, 3.8) is 0 Å². The third-order valence-electron chi connectivity index (χ3n) is 5.50. The highest BCUT2D eigenvalue weighted by Gasteiger charge is 2.22. The molecule has 1 aromatic heterocycles. The Balaban J connectivity index is 1.59. The van der Waals surface area contributed by atoms with Crippen LogP contribution in [-0.4, -0.2) is 49.3 Å². The fourth-order valence-electron chi connectivity index (χ4n) is 3.82.